The van der Waals surface area contributed by atoms with Crippen molar-refractivity contribution in [2.45, 2.75) is 17.4 Å². The van der Waals surface area contributed by atoms with Crippen LogP contribution in [0, 0.1) is 0 Å². The maximum atomic E-state index is 13.2. The van der Waals surface area contributed by atoms with Crippen molar-refractivity contribution in [2.75, 3.05) is 19.5 Å². The average Bonchev–Trinajstić information content (AvgIpc) is 2.79. The van der Waals surface area contributed by atoms with Crippen molar-refractivity contribution < 1.29 is 22.7 Å². The molecule has 9 heteroatoms. The van der Waals surface area contributed by atoms with Gasteiger partial charge in [-0.3, -0.25) is 4.79 Å². The number of amides is 1. The highest BCUT2D eigenvalue weighted by molar-refractivity contribution is 7.89. The second-order valence-corrected chi connectivity index (χ2v) is 8.97. The Bertz CT molecular complexity index is 1190. The third kappa shape index (κ3) is 5.79. The van der Waals surface area contributed by atoms with Gasteiger partial charge >= 0.3 is 0 Å². The Hall–Kier alpha value is -3.07. The Morgan fingerprint density at radius 1 is 0.938 bits per heavy atom. The summed E-state index contributed by atoms with van der Waals surface area (Å²) in [4.78, 5) is 13.0. The van der Waals surface area contributed by atoms with Crippen LogP contribution in [0.5, 0.6) is 11.5 Å². The van der Waals surface area contributed by atoms with Gasteiger partial charge in [0.1, 0.15) is 22.4 Å². The van der Waals surface area contributed by atoms with Crippen molar-refractivity contribution in [3.63, 3.8) is 0 Å². The van der Waals surface area contributed by atoms with Gasteiger partial charge in [-0.25, -0.2) is 8.42 Å². The van der Waals surface area contributed by atoms with Gasteiger partial charge in [0.15, 0.2) is 0 Å². The first kappa shape index (κ1) is 23.6. The number of rotatable bonds is 9. The quantitative estimate of drug-likeness (QED) is 0.490. The summed E-state index contributed by atoms with van der Waals surface area (Å²) in [6.45, 7) is 0. The van der Waals surface area contributed by atoms with Crippen molar-refractivity contribution in [1.29, 1.82) is 0 Å². The van der Waals surface area contributed by atoms with Gasteiger partial charge < -0.3 is 14.8 Å². The molecule has 1 unspecified atom stereocenters. The van der Waals surface area contributed by atoms with E-state index in [1.165, 1.54) is 32.4 Å². The van der Waals surface area contributed by atoms with E-state index in [-0.39, 0.29) is 22.1 Å². The third-order valence-electron chi connectivity index (χ3n) is 4.68. The van der Waals surface area contributed by atoms with Crippen molar-refractivity contribution in [2.24, 2.45) is 0 Å². The molecule has 32 heavy (non-hydrogen) atoms. The number of benzene rings is 3. The van der Waals surface area contributed by atoms with Crippen LogP contribution in [0.15, 0.2) is 77.7 Å². The van der Waals surface area contributed by atoms with Crippen molar-refractivity contribution in [3.8, 4) is 11.5 Å². The topological polar surface area (TPSA) is 93.7 Å². The molecule has 0 aliphatic rings. The van der Waals surface area contributed by atoms with Crippen LogP contribution >= 0.6 is 11.6 Å². The fourth-order valence-corrected chi connectivity index (χ4v) is 4.74. The summed E-state index contributed by atoms with van der Waals surface area (Å²) in [5, 5.41) is 2.97. The Morgan fingerprint density at radius 2 is 1.59 bits per heavy atom. The van der Waals surface area contributed by atoms with Gasteiger partial charge in [-0.1, -0.05) is 54.1 Å². The second kappa shape index (κ2) is 10.5. The maximum Gasteiger partial charge on any atom is 0.245 e. The van der Waals surface area contributed by atoms with Crippen molar-refractivity contribution >= 4 is 33.2 Å². The Balaban J connectivity index is 1.94. The van der Waals surface area contributed by atoms with E-state index in [2.05, 4.69) is 10.0 Å². The standard InChI is InChI=1S/C23H23ClN2O5S/c1-30-20-11-7-6-10-18(20)25-23(27)19(14-16-8-4-3-5-9-16)26-32(28,29)22-15-17(24)12-13-21(22)31-2/h3-13,15,19,26H,14H2,1-2H3,(H,25,27). The highest BCUT2D eigenvalue weighted by Gasteiger charge is 2.29. The Morgan fingerprint density at radius 3 is 2.28 bits per heavy atom. The summed E-state index contributed by atoms with van der Waals surface area (Å²) < 4.78 is 39.3. The molecule has 0 heterocycles. The fourth-order valence-electron chi connectivity index (χ4n) is 3.12. The van der Waals surface area contributed by atoms with Crippen LogP contribution in [-0.2, 0) is 21.2 Å². The molecule has 3 rings (SSSR count). The number of hydrogen-bond donors (Lipinski definition) is 2. The van der Waals surface area contributed by atoms with Gasteiger partial charge in [0.05, 0.1) is 19.9 Å². The molecule has 0 aliphatic carbocycles. The SMILES string of the molecule is COc1ccccc1NC(=O)C(Cc1ccccc1)NS(=O)(=O)c1cc(Cl)ccc1OC. The molecule has 1 amide bonds. The van der Waals surface area contributed by atoms with Gasteiger partial charge in [-0.15, -0.1) is 0 Å². The summed E-state index contributed by atoms with van der Waals surface area (Å²) in [6, 6.07) is 19.1. The molecule has 0 saturated carbocycles. The first-order valence-corrected chi connectivity index (χ1v) is 11.5. The highest BCUT2D eigenvalue weighted by atomic mass is 35.5. The first-order valence-electron chi connectivity index (χ1n) is 9.67. The molecule has 0 bridgehead atoms. The minimum Gasteiger partial charge on any atom is -0.495 e. The molecule has 0 fully saturated rings. The molecule has 0 radical (unpaired) electrons. The zero-order valence-corrected chi connectivity index (χ0v) is 19.1. The number of hydrogen-bond acceptors (Lipinski definition) is 5. The minimum absolute atomic E-state index is 0.116. The molecule has 3 aromatic rings. The number of methoxy groups -OCH3 is 2. The van der Waals surface area contributed by atoms with E-state index < -0.39 is 22.0 Å². The second-order valence-electron chi connectivity index (χ2n) is 6.85. The van der Waals surface area contributed by atoms with E-state index in [1.807, 2.05) is 30.3 Å². The molecule has 168 valence electrons. The van der Waals surface area contributed by atoms with Gasteiger partial charge in [0, 0.05) is 5.02 Å². The lowest BCUT2D eigenvalue weighted by atomic mass is 10.1. The van der Waals surface area contributed by atoms with Crippen LogP contribution in [0.25, 0.3) is 0 Å². The molecule has 2 N–H and O–H groups in total. The summed E-state index contributed by atoms with van der Waals surface area (Å²) in [6.07, 6.45) is 0.129. The molecule has 1 atom stereocenters. The third-order valence-corrected chi connectivity index (χ3v) is 6.40. The largest absolute Gasteiger partial charge is 0.495 e. The van der Waals surface area contributed by atoms with Crippen LogP contribution in [0.4, 0.5) is 5.69 Å². The molecule has 0 aliphatic heterocycles. The monoisotopic (exact) mass is 474 g/mol. The number of nitrogens with one attached hydrogen (secondary N) is 2. The summed E-state index contributed by atoms with van der Waals surface area (Å²) in [5.41, 5.74) is 1.21. The summed E-state index contributed by atoms with van der Waals surface area (Å²) in [5.74, 6) is 0.0344. The number of para-hydroxylation sites is 2. The molecule has 0 saturated heterocycles. The smallest absolute Gasteiger partial charge is 0.245 e. The van der Waals surface area contributed by atoms with Crippen molar-refractivity contribution in [3.05, 3.63) is 83.4 Å². The van der Waals surface area contributed by atoms with Crippen LogP contribution in [0.2, 0.25) is 5.02 Å². The van der Waals surface area contributed by atoms with Crippen LogP contribution in [0.3, 0.4) is 0 Å². The predicted molar refractivity (Wildman–Crippen MR) is 124 cm³/mol. The van der Waals surface area contributed by atoms with E-state index in [1.54, 1.807) is 24.3 Å². The van der Waals surface area contributed by atoms with Gasteiger partial charge in [0.2, 0.25) is 15.9 Å². The van der Waals surface area contributed by atoms with Crippen LogP contribution in [0.1, 0.15) is 5.56 Å². The zero-order valence-electron chi connectivity index (χ0n) is 17.5. The van der Waals surface area contributed by atoms with E-state index in [0.29, 0.717) is 11.4 Å². The highest BCUT2D eigenvalue weighted by Crippen LogP contribution is 2.28. The van der Waals surface area contributed by atoms with Gasteiger partial charge in [0.25, 0.3) is 0 Å². The summed E-state index contributed by atoms with van der Waals surface area (Å²) >= 11 is 6.01. The lowest BCUT2D eigenvalue weighted by Gasteiger charge is -2.20. The average molecular weight is 475 g/mol. The first-order chi connectivity index (χ1) is 15.3. The molecule has 7 nitrogen and oxygen atoms in total. The number of carbonyl (C=O) groups excluding carboxylic acids is 1. The van der Waals surface area contributed by atoms with E-state index >= 15 is 0 Å². The van der Waals surface area contributed by atoms with Gasteiger partial charge in [-0.2, -0.15) is 4.72 Å². The van der Waals surface area contributed by atoms with Crippen LogP contribution in [-0.4, -0.2) is 34.6 Å². The fraction of sp³-hybridized carbons (Fsp3) is 0.174. The summed E-state index contributed by atoms with van der Waals surface area (Å²) in [7, 11) is -1.30. The van der Waals surface area contributed by atoms with E-state index in [4.69, 9.17) is 21.1 Å². The number of anilines is 1. The molecule has 3 aromatic carbocycles. The number of ether oxygens (including phenoxy) is 2. The predicted octanol–water partition coefficient (Wildman–Crippen LogP) is 3.89. The Kier molecular flexibility index (Phi) is 7.74. The number of halogens is 1. The zero-order chi connectivity index (χ0) is 23.1. The molecule has 0 spiro atoms. The maximum absolute atomic E-state index is 13.2. The van der Waals surface area contributed by atoms with Crippen molar-refractivity contribution in [1.82, 2.24) is 4.72 Å². The van der Waals surface area contributed by atoms with Crippen LogP contribution < -0.4 is 19.5 Å². The normalized spacial score (nSPS) is 12.1. The lowest BCUT2D eigenvalue weighted by molar-refractivity contribution is -0.117. The van der Waals surface area contributed by atoms with E-state index in [0.717, 1.165) is 5.56 Å². The lowest BCUT2D eigenvalue weighted by Crippen LogP contribution is -2.45. The van der Waals surface area contributed by atoms with E-state index in [9.17, 15) is 13.2 Å². The molecule has 0 aromatic heterocycles. The molecular formula is C23H23ClN2O5S. The number of carbonyl (C=O) groups is 1. The minimum atomic E-state index is -4.15. The Labute approximate surface area is 192 Å². The number of sulfonamides is 1. The molecular weight excluding hydrogens is 452 g/mol. The van der Waals surface area contributed by atoms with Gasteiger partial charge in [-0.05, 0) is 42.3 Å².